The van der Waals surface area contributed by atoms with E-state index in [2.05, 4.69) is 22.5 Å². The molecule has 1 aromatic heterocycles. The molecule has 3 unspecified atom stereocenters. The third-order valence-electron chi connectivity index (χ3n) is 5.48. The van der Waals surface area contributed by atoms with Crippen molar-refractivity contribution in [1.82, 2.24) is 14.5 Å². The Morgan fingerprint density at radius 1 is 1.35 bits per heavy atom. The van der Waals surface area contributed by atoms with Crippen LogP contribution in [0.15, 0.2) is 24.3 Å². The molecule has 1 amide bonds. The molecule has 5 heteroatoms. The Bertz CT molecular complexity index is 739. The van der Waals surface area contributed by atoms with Crippen molar-refractivity contribution >= 4 is 16.9 Å². The van der Waals surface area contributed by atoms with Gasteiger partial charge in [0.1, 0.15) is 5.82 Å². The highest BCUT2D eigenvalue weighted by atomic mass is 16.3. The van der Waals surface area contributed by atoms with Crippen LogP contribution in [0.3, 0.4) is 0 Å². The minimum absolute atomic E-state index is 0.193. The van der Waals surface area contributed by atoms with Gasteiger partial charge in [0.25, 0.3) is 0 Å². The summed E-state index contributed by atoms with van der Waals surface area (Å²) in [6.45, 7) is 4.33. The number of amides is 1. The molecule has 2 aromatic rings. The topological polar surface area (TPSA) is 58.4 Å². The molecule has 23 heavy (non-hydrogen) atoms. The van der Waals surface area contributed by atoms with Crippen LogP contribution in [0.4, 0.5) is 0 Å². The number of imidazole rings is 1. The minimum Gasteiger partial charge on any atom is -0.393 e. The highest BCUT2D eigenvalue weighted by Crippen LogP contribution is 2.40. The lowest BCUT2D eigenvalue weighted by Crippen LogP contribution is -2.39. The second-order valence-corrected chi connectivity index (χ2v) is 6.80. The Kier molecular flexibility index (Phi) is 3.60. The van der Waals surface area contributed by atoms with Gasteiger partial charge in [0.2, 0.25) is 5.91 Å². The molecule has 2 heterocycles. The van der Waals surface area contributed by atoms with Crippen LogP contribution in [-0.4, -0.2) is 44.7 Å². The molecule has 2 fully saturated rings. The van der Waals surface area contributed by atoms with Gasteiger partial charge in [-0.1, -0.05) is 19.1 Å². The summed E-state index contributed by atoms with van der Waals surface area (Å²) in [5, 5.41) is 9.73. The maximum Gasteiger partial charge on any atom is 0.224 e. The smallest absolute Gasteiger partial charge is 0.224 e. The van der Waals surface area contributed by atoms with Crippen molar-refractivity contribution in [2.24, 2.45) is 11.8 Å². The number of hydrogen-bond donors (Lipinski definition) is 1. The molecular weight excluding hydrogens is 290 g/mol. The number of carbonyl (C=O) groups excluding carboxylic acids is 1. The first-order valence-electron chi connectivity index (χ1n) is 8.57. The maximum absolute atomic E-state index is 12.5. The lowest BCUT2D eigenvalue weighted by molar-refractivity contribution is -0.130. The fraction of sp³-hybridized carbons (Fsp3) is 0.556. The number of aliphatic hydroxyl groups excluding tert-OH is 1. The zero-order valence-electron chi connectivity index (χ0n) is 13.5. The molecule has 0 bridgehead atoms. The largest absolute Gasteiger partial charge is 0.393 e. The Morgan fingerprint density at radius 3 is 2.91 bits per heavy atom. The summed E-state index contributed by atoms with van der Waals surface area (Å²) in [5.41, 5.74) is 2.10. The van der Waals surface area contributed by atoms with Gasteiger partial charge in [0.15, 0.2) is 0 Å². The number of fused-ring (bicyclic) bond motifs is 2. The average Bonchev–Trinajstić information content (AvgIpc) is 3.10. The Morgan fingerprint density at radius 2 is 2.17 bits per heavy atom. The number of nitrogens with zero attached hydrogens (tertiary/aromatic N) is 3. The highest BCUT2D eigenvalue weighted by Gasteiger charge is 2.47. The number of carbonyl (C=O) groups is 1. The first-order valence-corrected chi connectivity index (χ1v) is 8.57. The van der Waals surface area contributed by atoms with Gasteiger partial charge in [-0.3, -0.25) is 4.79 Å². The van der Waals surface area contributed by atoms with E-state index < -0.39 is 0 Å². The molecule has 5 nitrogen and oxygen atoms in total. The van der Waals surface area contributed by atoms with Gasteiger partial charge in [-0.2, -0.15) is 0 Å². The number of hydrogen-bond acceptors (Lipinski definition) is 3. The molecule has 1 N–H and O–H groups in total. The fourth-order valence-corrected chi connectivity index (χ4v) is 4.08. The van der Waals surface area contributed by atoms with Crippen LogP contribution in [0.25, 0.3) is 11.0 Å². The SMILES string of the molecule is CCc1nc2ccccc2n1CCC(=O)N1CC2CC(O)C2C1. The third kappa shape index (κ3) is 2.43. The van der Waals surface area contributed by atoms with Gasteiger partial charge in [-0.05, 0) is 24.5 Å². The van der Waals surface area contributed by atoms with Crippen molar-refractivity contribution in [1.29, 1.82) is 0 Å². The second kappa shape index (κ2) is 5.64. The van der Waals surface area contributed by atoms with E-state index in [1.807, 2.05) is 23.1 Å². The monoisotopic (exact) mass is 313 g/mol. The molecule has 122 valence electrons. The van der Waals surface area contributed by atoms with Crippen molar-refractivity contribution in [2.45, 2.75) is 38.8 Å². The lowest BCUT2D eigenvalue weighted by atomic mass is 9.74. The molecule has 1 aliphatic carbocycles. The predicted molar refractivity (Wildman–Crippen MR) is 87.9 cm³/mol. The van der Waals surface area contributed by atoms with Gasteiger partial charge in [-0.15, -0.1) is 0 Å². The Labute approximate surface area is 135 Å². The summed E-state index contributed by atoms with van der Waals surface area (Å²) in [6.07, 6.45) is 2.04. The number of likely N-dealkylation sites (tertiary alicyclic amines) is 1. The normalized spacial score (nSPS) is 26.3. The van der Waals surface area contributed by atoms with Crippen LogP contribution in [0.5, 0.6) is 0 Å². The van der Waals surface area contributed by atoms with Crippen LogP contribution in [0, 0.1) is 11.8 Å². The van der Waals surface area contributed by atoms with Crippen LogP contribution in [0.2, 0.25) is 0 Å². The van der Waals surface area contributed by atoms with Gasteiger partial charge in [0, 0.05) is 38.4 Å². The van der Waals surface area contributed by atoms with Gasteiger partial charge in [0.05, 0.1) is 17.1 Å². The summed E-state index contributed by atoms with van der Waals surface area (Å²) in [5.74, 6) is 2.08. The van der Waals surface area contributed by atoms with Gasteiger partial charge < -0.3 is 14.6 Å². The average molecular weight is 313 g/mol. The molecule has 0 spiro atoms. The molecule has 4 rings (SSSR count). The van der Waals surface area contributed by atoms with Crippen molar-refractivity contribution < 1.29 is 9.90 Å². The van der Waals surface area contributed by atoms with Crippen molar-refractivity contribution in [3.8, 4) is 0 Å². The zero-order chi connectivity index (χ0) is 16.0. The lowest BCUT2D eigenvalue weighted by Gasteiger charge is -2.34. The van der Waals surface area contributed by atoms with Crippen molar-refractivity contribution in [2.75, 3.05) is 13.1 Å². The summed E-state index contributed by atoms with van der Waals surface area (Å²) >= 11 is 0. The number of para-hydroxylation sites is 2. The first-order chi connectivity index (χ1) is 11.2. The van der Waals surface area contributed by atoms with E-state index >= 15 is 0 Å². The van der Waals surface area contributed by atoms with Crippen LogP contribution >= 0.6 is 0 Å². The number of rotatable bonds is 4. The highest BCUT2D eigenvalue weighted by molar-refractivity contribution is 5.78. The van der Waals surface area contributed by atoms with Crippen molar-refractivity contribution in [3.63, 3.8) is 0 Å². The molecule has 3 atom stereocenters. The number of aliphatic hydroxyl groups is 1. The minimum atomic E-state index is -0.193. The number of aromatic nitrogens is 2. The number of aryl methyl sites for hydroxylation is 2. The molecule has 1 aliphatic heterocycles. The van der Waals surface area contributed by atoms with Crippen LogP contribution < -0.4 is 0 Å². The van der Waals surface area contributed by atoms with E-state index in [1.165, 1.54) is 0 Å². The van der Waals surface area contributed by atoms with Gasteiger partial charge >= 0.3 is 0 Å². The molecule has 0 radical (unpaired) electrons. The molecule has 1 saturated heterocycles. The third-order valence-corrected chi connectivity index (χ3v) is 5.48. The molecule has 2 aliphatic rings. The summed E-state index contributed by atoms with van der Waals surface area (Å²) in [6, 6.07) is 8.10. The number of benzene rings is 1. The van der Waals surface area contributed by atoms with E-state index in [9.17, 15) is 9.90 Å². The van der Waals surface area contributed by atoms with Crippen LogP contribution in [0.1, 0.15) is 25.6 Å². The molecule has 1 aromatic carbocycles. The molecule has 1 saturated carbocycles. The standard InChI is InChI=1S/C18H23N3O2/c1-2-17-19-14-5-3-4-6-15(14)21(17)8-7-18(23)20-10-12-9-16(22)13(12)11-20/h3-6,12-13,16,22H,2,7-11H2,1H3. The zero-order valence-corrected chi connectivity index (χ0v) is 13.5. The van der Waals surface area contributed by atoms with E-state index in [1.54, 1.807) is 0 Å². The van der Waals surface area contributed by atoms with E-state index in [-0.39, 0.29) is 12.0 Å². The summed E-state index contributed by atoms with van der Waals surface area (Å²) in [4.78, 5) is 19.1. The fourth-order valence-electron chi connectivity index (χ4n) is 4.08. The second-order valence-electron chi connectivity index (χ2n) is 6.80. The van der Waals surface area contributed by atoms with E-state index in [0.29, 0.717) is 24.8 Å². The Balaban J connectivity index is 1.46. The van der Waals surface area contributed by atoms with Crippen LogP contribution in [-0.2, 0) is 17.8 Å². The Hall–Kier alpha value is -1.88. The van der Waals surface area contributed by atoms with E-state index in [4.69, 9.17) is 0 Å². The summed E-state index contributed by atoms with van der Waals surface area (Å²) in [7, 11) is 0. The van der Waals surface area contributed by atoms with Gasteiger partial charge in [-0.25, -0.2) is 4.98 Å². The van der Waals surface area contributed by atoms with Crippen molar-refractivity contribution in [3.05, 3.63) is 30.1 Å². The first kappa shape index (κ1) is 14.7. The maximum atomic E-state index is 12.5. The molecular formula is C18H23N3O2. The summed E-state index contributed by atoms with van der Waals surface area (Å²) < 4.78 is 2.17. The quantitative estimate of drug-likeness (QED) is 0.937. The predicted octanol–water partition coefficient (Wildman–Crippen LogP) is 1.83. The van der Waals surface area contributed by atoms with E-state index in [0.717, 1.165) is 42.8 Å².